The van der Waals surface area contributed by atoms with Gasteiger partial charge in [-0.3, -0.25) is 5.43 Å². The molecule has 1 N–H and O–H groups in total. The zero-order valence-corrected chi connectivity index (χ0v) is 16.1. The van der Waals surface area contributed by atoms with Gasteiger partial charge in [-0.15, -0.1) is 0 Å². The highest BCUT2D eigenvalue weighted by molar-refractivity contribution is 7.89. The van der Waals surface area contributed by atoms with Crippen LogP contribution in [0.4, 0.5) is 5.82 Å². The number of nitrogens with zero attached hydrogens (tertiary/aromatic N) is 3. The van der Waals surface area contributed by atoms with Gasteiger partial charge in [0.15, 0.2) is 0 Å². The van der Waals surface area contributed by atoms with E-state index in [1.54, 1.807) is 12.3 Å². The van der Waals surface area contributed by atoms with E-state index in [1.165, 1.54) is 16.6 Å². The van der Waals surface area contributed by atoms with Crippen LogP contribution in [-0.4, -0.2) is 37.0 Å². The molecule has 0 unspecified atom stereocenters. The summed E-state index contributed by atoms with van der Waals surface area (Å²) in [6.45, 7) is 6.42. The summed E-state index contributed by atoms with van der Waals surface area (Å²) in [5, 5.41) is 4.13. The first-order valence-electron chi connectivity index (χ1n) is 8.46. The highest BCUT2D eigenvalue weighted by atomic mass is 32.2. The van der Waals surface area contributed by atoms with E-state index in [0.29, 0.717) is 18.9 Å². The molecular formula is C19H24N4O2S. The van der Waals surface area contributed by atoms with Crippen LogP contribution in [0.1, 0.15) is 26.3 Å². The average Bonchev–Trinajstić information content (AvgIpc) is 2.64. The van der Waals surface area contributed by atoms with Crippen LogP contribution >= 0.6 is 0 Å². The van der Waals surface area contributed by atoms with Gasteiger partial charge in [0.25, 0.3) is 0 Å². The SMILES string of the molecule is CCN(CC)S(=O)(=O)c1ccc(N/N=C/C(C)=C/c2ccccc2)nc1. The predicted molar refractivity (Wildman–Crippen MR) is 107 cm³/mol. The number of sulfonamides is 1. The second kappa shape index (κ2) is 9.26. The number of rotatable bonds is 8. The summed E-state index contributed by atoms with van der Waals surface area (Å²) in [6.07, 6.45) is 5.05. The van der Waals surface area contributed by atoms with Gasteiger partial charge in [0.1, 0.15) is 10.7 Å². The number of pyridine rings is 1. The monoisotopic (exact) mass is 372 g/mol. The first kappa shape index (κ1) is 19.8. The maximum absolute atomic E-state index is 12.4. The molecule has 0 fully saturated rings. The molecule has 1 aromatic carbocycles. The van der Waals surface area contributed by atoms with Crippen LogP contribution in [0.15, 0.2) is 64.2 Å². The molecule has 0 aliphatic heterocycles. The topological polar surface area (TPSA) is 74.7 Å². The van der Waals surface area contributed by atoms with E-state index in [4.69, 9.17) is 0 Å². The lowest BCUT2D eigenvalue weighted by atomic mass is 10.1. The van der Waals surface area contributed by atoms with Gasteiger partial charge in [-0.2, -0.15) is 9.41 Å². The van der Waals surface area contributed by atoms with Crippen LogP contribution in [0.3, 0.4) is 0 Å². The van der Waals surface area contributed by atoms with Gasteiger partial charge in [-0.25, -0.2) is 13.4 Å². The number of nitrogens with one attached hydrogen (secondary N) is 1. The van der Waals surface area contributed by atoms with Gasteiger partial charge in [-0.1, -0.05) is 50.3 Å². The van der Waals surface area contributed by atoms with Crippen LogP contribution in [0, 0.1) is 0 Å². The maximum Gasteiger partial charge on any atom is 0.244 e. The molecule has 0 aliphatic carbocycles. The van der Waals surface area contributed by atoms with Crippen molar-refractivity contribution >= 4 is 28.1 Å². The number of aromatic nitrogens is 1. The smallest absolute Gasteiger partial charge is 0.244 e. The Kier molecular flexibility index (Phi) is 7.06. The minimum absolute atomic E-state index is 0.177. The molecular weight excluding hydrogens is 348 g/mol. The Hall–Kier alpha value is -2.51. The summed E-state index contributed by atoms with van der Waals surface area (Å²) in [7, 11) is -3.49. The maximum atomic E-state index is 12.4. The van der Waals surface area contributed by atoms with Gasteiger partial charge >= 0.3 is 0 Å². The molecule has 0 aliphatic rings. The standard InChI is InChI=1S/C19H24N4O2S/c1-4-23(5-2)26(24,25)18-11-12-19(20-15-18)22-21-14-16(3)13-17-9-7-6-8-10-17/h6-15H,4-5H2,1-3H3,(H,20,22)/b16-13+,21-14+. The Balaban J connectivity index is 2.02. The largest absolute Gasteiger partial charge is 0.261 e. The molecule has 2 rings (SSSR count). The quantitative estimate of drug-likeness (QED) is 0.567. The molecule has 1 aromatic heterocycles. The molecule has 7 heteroatoms. The Morgan fingerprint density at radius 3 is 2.42 bits per heavy atom. The second-order valence-corrected chi connectivity index (χ2v) is 7.58. The third kappa shape index (κ3) is 5.24. The number of anilines is 1. The van der Waals surface area contributed by atoms with E-state index in [-0.39, 0.29) is 4.90 Å². The van der Waals surface area contributed by atoms with Crippen molar-refractivity contribution in [2.24, 2.45) is 5.10 Å². The van der Waals surface area contributed by atoms with Gasteiger partial charge in [0, 0.05) is 19.3 Å². The van der Waals surface area contributed by atoms with Crippen molar-refractivity contribution in [3.63, 3.8) is 0 Å². The summed E-state index contributed by atoms with van der Waals surface area (Å²) in [5.41, 5.74) is 4.88. The molecule has 0 bridgehead atoms. The summed E-state index contributed by atoms with van der Waals surface area (Å²) in [5.74, 6) is 0.479. The van der Waals surface area contributed by atoms with Gasteiger partial charge in [0.05, 0.1) is 6.21 Å². The van der Waals surface area contributed by atoms with Crippen LogP contribution in [-0.2, 0) is 10.0 Å². The molecule has 0 saturated carbocycles. The molecule has 0 atom stereocenters. The molecule has 138 valence electrons. The molecule has 26 heavy (non-hydrogen) atoms. The molecule has 1 heterocycles. The number of hydrazone groups is 1. The number of benzene rings is 1. The van der Waals surface area contributed by atoms with E-state index < -0.39 is 10.0 Å². The summed E-state index contributed by atoms with van der Waals surface area (Å²) in [4.78, 5) is 4.30. The van der Waals surface area contributed by atoms with Crippen LogP contribution in [0.25, 0.3) is 6.08 Å². The number of hydrogen-bond donors (Lipinski definition) is 1. The van der Waals surface area contributed by atoms with Crippen molar-refractivity contribution in [1.82, 2.24) is 9.29 Å². The fourth-order valence-corrected chi connectivity index (χ4v) is 3.77. The second-order valence-electron chi connectivity index (χ2n) is 5.64. The lowest BCUT2D eigenvalue weighted by molar-refractivity contribution is 0.445. The zero-order valence-electron chi connectivity index (χ0n) is 15.3. The zero-order chi connectivity index (χ0) is 19.0. The Morgan fingerprint density at radius 2 is 1.85 bits per heavy atom. The van der Waals surface area contributed by atoms with Crippen molar-refractivity contribution in [2.45, 2.75) is 25.7 Å². The van der Waals surface area contributed by atoms with Crippen LogP contribution < -0.4 is 5.43 Å². The molecule has 0 spiro atoms. The van der Waals surface area contributed by atoms with Crippen molar-refractivity contribution in [3.8, 4) is 0 Å². The fourth-order valence-electron chi connectivity index (χ4n) is 2.36. The molecule has 0 radical (unpaired) electrons. The normalized spacial score (nSPS) is 12.7. The minimum Gasteiger partial charge on any atom is -0.261 e. The van der Waals surface area contributed by atoms with Crippen molar-refractivity contribution in [3.05, 3.63) is 59.8 Å². The Bertz CT molecular complexity index is 856. The highest BCUT2D eigenvalue weighted by Gasteiger charge is 2.21. The van der Waals surface area contributed by atoms with Crippen molar-refractivity contribution in [1.29, 1.82) is 0 Å². The summed E-state index contributed by atoms with van der Waals surface area (Å²) in [6, 6.07) is 13.1. The molecule has 0 saturated heterocycles. The van der Waals surface area contributed by atoms with Crippen molar-refractivity contribution < 1.29 is 8.42 Å². The van der Waals surface area contributed by atoms with Gasteiger partial charge in [-0.05, 0) is 30.2 Å². The minimum atomic E-state index is -3.49. The summed E-state index contributed by atoms with van der Waals surface area (Å²) < 4.78 is 26.2. The molecule has 6 nitrogen and oxygen atoms in total. The Labute approximate surface area is 155 Å². The van der Waals surface area contributed by atoms with E-state index >= 15 is 0 Å². The third-order valence-corrected chi connectivity index (χ3v) is 5.75. The Morgan fingerprint density at radius 1 is 1.15 bits per heavy atom. The first-order valence-corrected chi connectivity index (χ1v) is 9.90. The van der Waals surface area contributed by atoms with E-state index in [0.717, 1.165) is 11.1 Å². The average molecular weight is 372 g/mol. The van der Waals surface area contributed by atoms with E-state index in [2.05, 4.69) is 15.5 Å². The van der Waals surface area contributed by atoms with Gasteiger partial charge < -0.3 is 0 Å². The van der Waals surface area contributed by atoms with Crippen LogP contribution in [0.2, 0.25) is 0 Å². The van der Waals surface area contributed by atoms with Crippen molar-refractivity contribution in [2.75, 3.05) is 18.5 Å². The first-order chi connectivity index (χ1) is 12.5. The van der Waals surface area contributed by atoms with E-state index in [9.17, 15) is 8.42 Å². The summed E-state index contributed by atoms with van der Waals surface area (Å²) >= 11 is 0. The van der Waals surface area contributed by atoms with Crippen LogP contribution in [0.5, 0.6) is 0 Å². The fraction of sp³-hybridized carbons (Fsp3) is 0.263. The number of hydrogen-bond acceptors (Lipinski definition) is 5. The van der Waals surface area contributed by atoms with E-state index in [1.807, 2.05) is 57.2 Å². The lowest BCUT2D eigenvalue weighted by Gasteiger charge is -2.18. The number of allylic oxidation sites excluding steroid dienone is 1. The third-order valence-electron chi connectivity index (χ3n) is 3.72. The lowest BCUT2D eigenvalue weighted by Crippen LogP contribution is -2.30. The highest BCUT2D eigenvalue weighted by Crippen LogP contribution is 2.16. The molecule has 2 aromatic rings. The van der Waals surface area contributed by atoms with Gasteiger partial charge in [0.2, 0.25) is 10.0 Å². The molecule has 0 amide bonds. The predicted octanol–water partition coefficient (Wildman–Crippen LogP) is 3.61.